The van der Waals surface area contributed by atoms with Gasteiger partial charge in [-0.1, -0.05) is 35.9 Å². The lowest BCUT2D eigenvalue weighted by atomic mass is 9.96. The molecule has 1 saturated heterocycles. The van der Waals surface area contributed by atoms with Crippen LogP contribution < -0.4 is 23.7 Å². The summed E-state index contributed by atoms with van der Waals surface area (Å²) in [5.74, 6) is 1.92. The number of carbonyl (C=O) groups excluding carboxylic acids is 2. The van der Waals surface area contributed by atoms with E-state index >= 15 is 0 Å². The number of benzene rings is 3. The first-order valence-electron chi connectivity index (χ1n) is 12.9. The van der Waals surface area contributed by atoms with Crippen molar-refractivity contribution in [2.45, 2.75) is 0 Å². The zero-order chi connectivity index (χ0) is 29.5. The Morgan fingerprint density at radius 3 is 1.78 bits per heavy atom. The van der Waals surface area contributed by atoms with Crippen molar-refractivity contribution in [3.05, 3.63) is 82.4 Å². The lowest BCUT2D eigenvalue weighted by molar-refractivity contribution is -0.127. The Kier molecular flexibility index (Phi) is 9.62. The predicted molar refractivity (Wildman–Crippen MR) is 157 cm³/mol. The highest BCUT2D eigenvalue weighted by atomic mass is 35.5. The molecule has 3 aromatic rings. The van der Waals surface area contributed by atoms with E-state index in [1.165, 1.54) is 21.3 Å². The Morgan fingerprint density at radius 2 is 1.24 bits per heavy atom. The van der Waals surface area contributed by atoms with Gasteiger partial charge in [0.2, 0.25) is 11.7 Å². The van der Waals surface area contributed by atoms with Gasteiger partial charge in [0.1, 0.15) is 0 Å². The van der Waals surface area contributed by atoms with Crippen molar-refractivity contribution < 1.29 is 33.3 Å². The Labute approximate surface area is 244 Å². The van der Waals surface area contributed by atoms with Crippen LogP contribution in [0.3, 0.4) is 0 Å². The van der Waals surface area contributed by atoms with Crippen LogP contribution in [0, 0.1) is 0 Å². The second-order valence-electron chi connectivity index (χ2n) is 9.14. The maximum Gasteiger partial charge on any atom is 0.254 e. The van der Waals surface area contributed by atoms with Crippen molar-refractivity contribution in [3.63, 3.8) is 0 Å². The molecule has 1 aliphatic heterocycles. The van der Waals surface area contributed by atoms with Crippen LogP contribution in [0.1, 0.15) is 21.5 Å². The molecule has 41 heavy (non-hydrogen) atoms. The van der Waals surface area contributed by atoms with Crippen LogP contribution in [0.15, 0.2) is 60.7 Å². The van der Waals surface area contributed by atoms with Gasteiger partial charge in [0, 0.05) is 48.4 Å². The highest BCUT2D eigenvalue weighted by Crippen LogP contribution is 2.39. The van der Waals surface area contributed by atoms with Crippen molar-refractivity contribution in [1.29, 1.82) is 0 Å². The van der Waals surface area contributed by atoms with Gasteiger partial charge in [0.15, 0.2) is 23.0 Å². The van der Waals surface area contributed by atoms with Crippen LogP contribution in [0.2, 0.25) is 5.02 Å². The fourth-order valence-electron chi connectivity index (χ4n) is 4.78. The number of para-hydroxylation sites is 1. The normalized spacial score (nSPS) is 13.5. The number of nitrogens with zero attached hydrogens (tertiary/aromatic N) is 2. The summed E-state index contributed by atoms with van der Waals surface area (Å²) in [6, 6.07) is 16.0. The first-order chi connectivity index (χ1) is 19.8. The average molecular weight is 581 g/mol. The predicted octanol–water partition coefficient (Wildman–Crippen LogP) is 4.80. The lowest BCUT2D eigenvalue weighted by Crippen LogP contribution is -2.50. The van der Waals surface area contributed by atoms with Gasteiger partial charge >= 0.3 is 0 Å². The minimum Gasteiger partial charge on any atom is -0.493 e. The Morgan fingerprint density at radius 1 is 0.683 bits per heavy atom. The van der Waals surface area contributed by atoms with E-state index in [9.17, 15) is 9.59 Å². The van der Waals surface area contributed by atoms with Crippen LogP contribution in [0.25, 0.3) is 5.57 Å². The molecule has 216 valence electrons. The monoisotopic (exact) mass is 580 g/mol. The van der Waals surface area contributed by atoms with E-state index in [-0.39, 0.29) is 11.8 Å². The van der Waals surface area contributed by atoms with Crippen molar-refractivity contribution in [2.75, 3.05) is 61.7 Å². The van der Waals surface area contributed by atoms with E-state index < -0.39 is 0 Å². The summed E-state index contributed by atoms with van der Waals surface area (Å²) in [5.41, 5.74) is 2.58. The molecule has 0 unspecified atom stereocenters. The average Bonchev–Trinajstić information content (AvgIpc) is 3.02. The molecule has 1 fully saturated rings. The van der Waals surface area contributed by atoms with Crippen molar-refractivity contribution in [2.24, 2.45) is 0 Å². The maximum atomic E-state index is 13.6. The molecular weight excluding hydrogens is 548 g/mol. The van der Waals surface area contributed by atoms with Crippen LogP contribution in [-0.4, -0.2) is 83.3 Å². The van der Waals surface area contributed by atoms with E-state index in [0.717, 1.165) is 5.56 Å². The van der Waals surface area contributed by atoms with Gasteiger partial charge in [-0.2, -0.15) is 0 Å². The summed E-state index contributed by atoms with van der Waals surface area (Å²) in [6.07, 6.45) is 1.59. The summed E-state index contributed by atoms with van der Waals surface area (Å²) < 4.78 is 27.3. The molecule has 4 rings (SSSR count). The number of halogens is 1. The fraction of sp³-hybridized carbons (Fsp3) is 0.290. The number of piperazine rings is 1. The summed E-state index contributed by atoms with van der Waals surface area (Å²) >= 11 is 6.14. The molecule has 0 aliphatic carbocycles. The van der Waals surface area contributed by atoms with Crippen LogP contribution in [0.4, 0.5) is 0 Å². The third kappa shape index (κ3) is 6.36. The first kappa shape index (κ1) is 29.6. The number of hydrogen-bond acceptors (Lipinski definition) is 7. The Hall–Kier alpha value is -4.37. The first-order valence-corrected chi connectivity index (χ1v) is 13.3. The molecule has 0 spiro atoms. The summed E-state index contributed by atoms with van der Waals surface area (Å²) in [7, 11) is 7.64. The van der Waals surface area contributed by atoms with Crippen molar-refractivity contribution in [1.82, 2.24) is 9.80 Å². The molecule has 1 heterocycles. The standard InChI is InChI=1S/C31H33ClN2O7/c1-37-25-8-6-7-23(29(25)40-4)24(20-9-11-22(32)12-10-20)19-28(35)33-13-15-34(16-14-33)31(36)21-17-26(38-2)30(41-5)27(18-21)39-3/h6-12,17-19H,13-16H2,1-5H3/b24-19-. The number of hydrogen-bond donors (Lipinski definition) is 0. The summed E-state index contributed by atoms with van der Waals surface area (Å²) in [4.78, 5) is 30.3. The van der Waals surface area contributed by atoms with E-state index in [1.807, 2.05) is 24.3 Å². The number of methoxy groups -OCH3 is 5. The molecular formula is C31H33ClN2O7. The quantitative estimate of drug-likeness (QED) is 0.336. The molecule has 3 aromatic carbocycles. The van der Waals surface area contributed by atoms with Crippen LogP contribution in [-0.2, 0) is 4.79 Å². The molecule has 0 N–H and O–H groups in total. The second-order valence-corrected chi connectivity index (χ2v) is 9.57. The summed E-state index contributed by atoms with van der Waals surface area (Å²) in [5, 5.41) is 0.588. The summed E-state index contributed by atoms with van der Waals surface area (Å²) in [6.45, 7) is 1.48. The molecule has 0 aromatic heterocycles. The highest BCUT2D eigenvalue weighted by molar-refractivity contribution is 6.30. The van der Waals surface area contributed by atoms with E-state index in [0.29, 0.717) is 76.6 Å². The number of rotatable bonds is 9. The molecule has 2 amide bonds. The second kappa shape index (κ2) is 13.3. The molecule has 10 heteroatoms. The Bertz CT molecular complexity index is 1410. The van der Waals surface area contributed by atoms with E-state index in [1.54, 1.807) is 60.4 Å². The SMILES string of the molecule is COc1cc(C(=O)N2CCN(C(=O)/C=C(/c3ccc(Cl)cc3)c3cccc(OC)c3OC)CC2)cc(OC)c1OC. The van der Waals surface area contributed by atoms with Gasteiger partial charge in [-0.15, -0.1) is 0 Å². The molecule has 0 atom stereocenters. The largest absolute Gasteiger partial charge is 0.493 e. The zero-order valence-electron chi connectivity index (χ0n) is 23.7. The minimum atomic E-state index is -0.185. The molecule has 0 saturated carbocycles. The maximum absolute atomic E-state index is 13.6. The molecule has 9 nitrogen and oxygen atoms in total. The fourth-order valence-corrected chi connectivity index (χ4v) is 4.90. The highest BCUT2D eigenvalue weighted by Gasteiger charge is 2.27. The van der Waals surface area contributed by atoms with E-state index in [4.69, 9.17) is 35.3 Å². The number of ether oxygens (including phenoxy) is 5. The number of amides is 2. The van der Waals surface area contributed by atoms with Crippen LogP contribution >= 0.6 is 11.6 Å². The smallest absolute Gasteiger partial charge is 0.254 e. The van der Waals surface area contributed by atoms with Crippen molar-refractivity contribution in [3.8, 4) is 28.7 Å². The lowest BCUT2D eigenvalue weighted by Gasteiger charge is -2.34. The van der Waals surface area contributed by atoms with Gasteiger partial charge in [-0.3, -0.25) is 9.59 Å². The van der Waals surface area contributed by atoms with E-state index in [2.05, 4.69) is 0 Å². The Balaban J connectivity index is 1.57. The molecule has 0 bridgehead atoms. The van der Waals surface area contributed by atoms with Gasteiger partial charge in [0.25, 0.3) is 5.91 Å². The van der Waals surface area contributed by atoms with Gasteiger partial charge < -0.3 is 33.5 Å². The third-order valence-electron chi connectivity index (χ3n) is 6.91. The van der Waals surface area contributed by atoms with Crippen LogP contribution in [0.5, 0.6) is 28.7 Å². The molecule has 1 aliphatic rings. The van der Waals surface area contributed by atoms with Gasteiger partial charge in [0.05, 0.1) is 35.5 Å². The topological polar surface area (TPSA) is 86.8 Å². The van der Waals surface area contributed by atoms with Gasteiger partial charge in [-0.05, 0) is 41.5 Å². The minimum absolute atomic E-state index is 0.181. The molecule has 0 radical (unpaired) electrons. The third-order valence-corrected chi connectivity index (χ3v) is 7.16. The number of carbonyl (C=O) groups is 2. The van der Waals surface area contributed by atoms with Crippen molar-refractivity contribution >= 4 is 29.0 Å². The zero-order valence-corrected chi connectivity index (χ0v) is 24.5. The van der Waals surface area contributed by atoms with Gasteiger partial charge in [-0.25, -0.2) is 0 Å².